The van der Waals surface area contributed by atoms with Gasteiger partial charge in [0.2, 0.25) is 0 Å². The number of allylic oxidation sites excluding steroid dienone is 2. The van der Waals surface area contributed by atoms with Crippen LogP contribution in [0.5, 0.6) is 0 Å². The summed E-state index contributed by atoms with van der Waals surface area (Å²) in [5.41, 5.74) is 2.23. The van der Waals surface area contributed by atoms with Gasteiger partial charge in [0.05, 0.1) is 6.07 Å². The molecule has 0 aliphatic heterocycles. The minimum absolute atomic E-state index is 0.311. The Kier molecular flexibility index (Phi) is 4.61. The number of benzene rings is 1. The SMILES string of the molecule is CC(=CC(=O)C(C#N)c1nc(C)cs1)c1ccc(F)cc1. The Morgan fingerprint density at radius 1 is 1.43 bits per heavy atom. The molecule has 0 spiro atoms. The van der Waals surface area contributed by atoms with Crippen LogP contribution in [-0.2, 0) is 4.79 Å². The summed E-state index contributed by atoms with van der Waals surface area (Å²) >= 11 is 1.30. The molecule has 1 unspecified atom stereocenters. The van der Waals surface area contributed by atoms with E-state index in [0.29, 0.717) is 10.6 Å². The van der Waals surface area contributed by atoms with Gasteiger partial charge in [0, 0.05) is 11.1 Å². The largest absolute Gasteiger partial charge is 0.293 e. The standard InChI is InChI=1S/C16H13FN2OS/c1-10(12-3-5-13(17)6-4-12)7-15(20)14(8-18)16-19-11(2)9-21-16/h3-7,9,14H,1-2H3. The number of carbonyl (C=O) groups is 1. The molecule has 21 heavy (non-hydrogen) atoms. The van der Waals surface area contributed by atoms with E-state index in [2.05, 4.69) is 4.98 Å². The van der Waals surface area contributed by atoms with Crippen LogP contribution in [0.4, 0.5) is 4.39 Å². The predicted octanol–water partition coefficient (Wildman–Crippen LogP) is 3.87. The highest BCUT2D eigenvalue weighted by molar-refractivity contribution is 7.10. The fourth-order valence-corrected chi connectivity index (χ4v) is 2.68. The smallest absolute Gasteiger partial charge is 0.180 e. The quantitative estimate of drug-likeness (QED) is 0.805. The molecule has 1 heterocycles. The fourth-order valence-electron chi connectivity index (χ4n) is 1.84. The lowest BCUT2D eigenvalue weighted by Crippen LogP contribution is -2.08. The van der Waals surface area contributed by atoms with E-state index in [1.54, 1.807) is 19.1 Å². The number of hydrogen-bond acceptors (Lipinski definition) is 4. The summed E-state index contributed by atoms with van der Waals surface area (Å²) in [6.07, 6.45) is 1.41. The summed E-state index contributed by atoms with van der Waals surface area (Å²) in [6.45, 7) is 3.57. The van der Waals surface area contributed by atoms with Gasteiger partial charge in [0.25, 0.3) is 0 Å². The summed E-state index contributed by atoms with van der Waals surface area (Å²) in [6, 6.07) is 7.87. The minimum Gasteiger partial charge on any atom is -0.293 e. The summed E-state index contributed by atoms with van der Waals surface area (Å²) in [7, 11) is 0. The van der Waals surface area contributed by atoms with Gasteiger partial charge < -0.3 is 0 Å². The van der Waals surface area contributed by atoms with E-state index >= 15 is 0 Å². The van der Waals surface area contributed by atoms with Crippen LogP contribution in [0.15, 0.2) is 35.7 Å². The van der Waals surface area contributed by atoms with Crippen LogP contribution in [0.2, 0.25) is 0 Å². The van der Waals surface area contributed by atoms with Gasteiger partial charge in [-0.15, -0.1) is 11.3 Å². The van der Waals surface area contributed by atoms with Crippen LogP contribution in [0.1, 0.15) is 29.1 Å². The molecular weight excluding hydrogens is 287 g/mol. The van der Waals surface area contributed by atoms with E-state index < -0.39 is 5.92 Å². The number of halogens is 1. The van der Waals surface area contributed by atoms with Crippen LogP contribution < -0.4 is 0 Å². The number of nitrogens with zero attached hydrogens (tertiary/aromatic N) is 2. The van der Waals surface area contributed by atoms with E-state index in [1.807, 2.05) is 18.4 Å². The molecule has 1 atom stereocenters. The zero-order valence-corrected chi connectivity index (χ0v) is 12.4. The maximum absolute atomic E-state index is 12.9. The third-order valence-corrected chi connectivity index (χ3v) is 3.98. The Morgan fingerprint density at radius 2 is 2.10 bits per heavy atom. The second-order valence-electron chi connectivity index (χ2n) is 4.63. The number of aromatic nitrogens is 1. The Morgan fingerprint density at radius 3 is 2.62 bits per heavy atom. The molecular formula is C16H13FN2OS. The lowest BCUT2D eigenvalue weighted by molar-refractivity contribution is -0.114. The average molecular weight is 300 g/mol. The summed E-state index contributed by atoms with van der Waals surface area (Å²) in [5, 5.41) is 11.5. The van der Waals surface area contributed by atoms with Gasteiger partial charge in [-0.25, -0.2) is 9.37 Å². The Labute approximate surface area is 126 Å². The van der Waals surface area contributed by atoms with E-state index in [9.17, 15) is 14.4 Å². The number of aryl methyl sites for hydroxylation is 1. The molecule has 0 aliphatic rings. The lowest BCUT2D eigenvalue weighted by atomic mass is 10.0. The van der Waals surface area contributed by atoms with Crippen LogP contribution in [0, 0.1) is 24.1 Å². The fraction of sp³-hybridized carbons (Fsp3) is 0.188. The van der Waals surface area contributed by atoms with Crippen molar-refractivity contribution in [2.45, 2.75) is 19.8 Å². The maximum Gasteiger partial charge on any atom is 0.180 e. The van der Waals surface area contributed by atoms with Crippen molar-refractivity contribution in [1.29, 1.82) is 5.26 Å². The summed E-state index contributed by atoms with van der Waals surface area (Å²) < 4.78 is 12.9. The third-order valence-electron chi connectivity index (χ3n) is 2.96. The number of thiazole rings is 1. The van der Waals surface area contributed by atoms with Crippen molar-refractivity contribution in [2.24, 2.45) is 0 Å². The van der Waals surface area contributed by atoms with Crippen molar-refractivity contribution in [3.8, 4) is 6.07 Å². The molecule has 1 aromatic carbocycles. The second-order valence-corrected chi connectivity index (χ2v) is 5.52. The Balaban J connectivity index is 2.24. The molecule has 0 radical (unpaired) electrons. The number of rotatable bonds is 4. The number of hydrogen-bond donors (Lipinski definition) is 0. The molecule has 0 bridgehead atoms. The Hall–Kier alpha value is -2.32. The summed E-state index contributed by atoms with van der Waals surface area (Å²) in [4.78, 5) is 16.4. The third kappa shape index (κ3) is 3.61. The monoisotopic (exact) mass is 300 g/mol. The molecule has 5 heteroatoms. The van der Waals surface area contributed by atoms with Crippen LogP contribution in [0.3, 0.4) is 0 Å². The topological polar surface area (TPSA) is 53.8 Å². The molecule has 0 saturated heterocycles. The molecule has 0 saturated carbocycles. The van der Waals surface area contributed by atoms with Crippen LogP contribution in [-0.4, -0.2) is 10.8 Å². The van der Waals surface area contributed by atoms with Crippen molar-refractivity contribution in [1.82, 2.24) is 4.98 Å². The van der Waals surface area contributed by atoms with E-state index in [-0.39, 0.29) is 11.6 Å². The summed E-state index contributed by atoms with van der Waals surface area (Å²) in [5.74, 6) is -1.53. The van der Waals surface area contributed by atoms with Gasteiger partial charge in [-0.2, -0.15) is 5.26 Å². The molecule has 3 nitrogen and oxygen atoms in total. The average Bonchev–Trinajstić information content (AvgIpc) is 2.86. The molecule has 2 aromatic rings. The zero-order valence-electron chi connectivity index (χ0n) is 11.6. The van der Waals surface area contributed by atoms with Crippen molar-refractivity contribution in [2.75, 3.05) is 0 Å². The van der Waals surface area contributed by atoms with E-state index in [0.717, 1.165) is 11.3 Å². The number of ketones is 1. The first-order valence-corrected chi connectivity index (χ1v) is 7.19. The molecule has 106 valence electrons. The lowest BCUT2D eigenvalue weighted by Gasteiger charge is -2.04. The van der Waals surface area contributed by atoms with Crippen molar-refractivity contribution >= 4 is 22.7 Å². The second kappa shape index (κ2) is 6.42. The highest BCUT2D eigenvalue weighted by atomic mass is 32.1. The zero-order chi connectivity index (χ0) is 15.4. The Bertz CT molecular complexity index is 725. The highest BCUT2D eigenvalue weighted by Crippen LogP contribution is 2.23. The van der Waals surface area contributed by atoms with Gasteiger partial charge in [0.15, 0.2) is 11.7 Å². The first-order valence-electron chi connectivity index (χ1n) is 6.31. The first kappa shape index (κ1) is 15.1. The first-order chi connectivity index (χ1) is 10.0. The number of nitriles is 1. The molecule has 2 rings (SSSR count). The minimum atomic E-state index is -0.890. The van der Waals surface area contributed by atoms with Gasteiger partial charge in [-0.1, -0.05) is 12.1 Å². The normalized spacial score (nSPS) is 12.8. The predicted molar refractivity (Wildman–Crippen MR) is 80.3 cm³/mol. The molecule has 0 fully saturated rings. The maximum atomic E-state index is 12.9. The molecule has 0 N–H and O–H groups in total. The van der Waals surface area contributed by atoms with Crippen molar-refractivity contribution < 1.29 is 9.18 Å². The highest BCUT2D eigenvalue weighted by Gasteiger charge is 2.21. The van der Waals surface area contributed by atoms with Crippen molar-refractivity contribution in [3.05, 3.63) is 57.8 Å². The molecule has 0 aliphatic carbocycles. The molecule has 1 aromatic heterocycles. The van der Waals surface area contributed by atoms with Gasteiger partial charge in [0.1, 0.15) is 10.8 Å². The van der Waals surface area contributed by atoms with Gasteiger partial charge in [-0.3, -0.25) is 4.79 Å². The van der Waals surface area contributed by atoms with E-state index in [4.69, 9.17) is 0 Å². The number of carbonyl (C=O) groups excluding carboxylic acids is 1. The van der Waals surface area contributed by atoms with Gasteiger partial charge in [-0.05, 0) is 43.2 Å². The van der Waals surface area contributed by atoms with Crippen LogP contribution >= 0.6 is 11.3 Å². The van der Waals surface area contributed by atoms with Crippen molar-refractivity contribution in [3.63, 3.8) is 0 Å². The van der Waals surface area contributed by atoms with E-state index in [1.165, 1.54) is 29.5 Å². The molecule has 0 amide bonds. The van der Waals surface area contributed by atoms with Crippen LogP contribution in [0.25, 0.3) is 5.57 Å². The van der Waals surface area contributed by atoms with Gasteiger partial charge >= 0.3 is 0 Å².